The fraction of sp³-hybridized carbons (Fsp3) is 0.300. The van der Waals surface area contributed by atoms with E-state index < -0.39 is 0 Å². The van der Waals surface area contributed by atoms with E-state index in [0.29, 0.717) is 0 Å². The van der Waals surface area contributed by atoms with Crippen LogP contribution >= 0.6 is 0 Å². The van der Waals surface area contributed by atoms with Crippen LogP contribution in [0.3, 0.4) is 0 Å². The molecule has 0 saturated heterocycles. The van der Waals surface area contributed by atoms with Crippen molar-refractivity contribution in [1.82, 2.24) is 4.98 Å². The van der Waals surface area contributed by atoms with Gasteiger partial charge in [0.25, 0.3) is 0 Å². The largest absolute Gasteiger partial charge is 0.392 e. The number of rotatable bonds is 2. The fourth-order valence-corrected chi connectivity index (χ4v) is 1.06. The van der Waals surface area contributed by atoms with Gasteiger partial charge in [-0.15, -0.1) is 0 Å². The zero-order valence-corrected chi connectivity index (χ0v) is 7.41. The number of aliphatic hydroxyl groups is 1. The van der Waals surface area contributed by atoms with Gasteiger partial charge in [0.15, 0.2) is 0 Å². The Labute approximate surface area is 72.6 Å². The Kier molecular flexibility index (Phi) is 3.00. The predicted molar refractivity (Wildman–Crippen MR) is 49.8 cm³/mol. The molecule has 0 fully saturated rings. The van der Waals surface area contributed by atoms with Crippen LogP contribution in [0.15, 0.2) is 18.3 Å². The molecule has 0 saturated carbocycles. The van der Waals surface area contributed by atoms with Crippen LogP contribution in [-0.4, -0.2) is 16.7 Å². The molecule has 0 atom stereocenters. The Morgan fingerprint density at radius 1 is 1.50 bits per heavy atom. The molecule has 0 aliphatic carbocycles. The lowest BCUT2D eigenvalue weighted by Crippen LogP contribution is -1.87. The molecule has 1 aromatic heterocycles. The average molecular weight is 163 g/mol. The van der Waals surface area contributed by atoms with Gasteiger partial charge in [-0.25, -0.2) is 0 Å². The van der Waals surface area contributed by atoms with Gasteiger partial charge in [-0.2, -0.15) is 0 Å². The Morgan fingerprint density at radius 2 is 2.25 bits per heavy atom. The SMILES string of the molecule is Cc1cnc(C=CCO)c(C)c1. The second-order valence-electron chi connectivity index (χ2n) is 2.80. The first-order valence-electron chi connectivity index (χ1n) is 3.94. The molecule has 2 heteroatoms. The highest BCUT2D eigenvalue weighted by atomic mass is 16.2. The number of aliphatic hydroxyl groups excluding tert-OH is 1. The first-order chi connectivity index (χ1) is 5.74. The van der Waals surface area contributed by atoms with Gasteiger partial charge in [0.2, 0.25) is 0 Å². The van der Waals surface area contributed by atoms with Crippen LogP contribution in [0.4, 0.5) is 0 Å². The van der Waals surface area contributed by atoms with Gasteiger partial charge in [-0.05, 0) is 31.1 Å². The third kappa shape index (κ3) is 2.17. The van der Waals surface area contributed by atoms with Crippen LogP contribution in [0.5, 0.6) is 0 Å². The second-order valence-corrected chi connectivity index (χ2v) is 2.80. The highest BCUT2D eigenvalue weighted by molar-refractivity contribution is 5.49. The molecule has 1 rings (SSSR count). The van der Waals surface area contributed by atoms with Crippen LogP contribution in [0.25, 0.3) is 6.08 Å². The van der Waals surface area contributed by atoms with E-state index in [4.69, 9.17) is 5.11 Å². The van der Waals surface area contributed by atoms with Crippen molar-refractivity contribution in [2.24, 2.45) is 0 Å². The maximum Gasteiger partial charge on any atom is 0.0656 e. The maximum absolute atomic E-state index is 8.56. The minimum absolute atomic E-state index is 0.0645. The van der Waals surface area contributed by atoms with Crippen LogP contribution in [0.1, 0.15) is 16.8 Å². The molecule has 2 nitrogen and oxygen atoms in total. The summed E-state index contributed by atoms with van der Waals surface area (Å²) in [5, 5.41) is 8.56. The Bertz CT molecular complexity index is 292. The standard InChI is InChI=1S/C10H13NO/c1-8-6-9(2)10(11-7-8)4-3-5-12/h3-4,6-7,12H,5H2,1-2H3. The quantitative estimate of drug-likeness (QED) is 0.720. The molecule has 0 radical (unpaired) electrons. The van der Waals surface area contributed by atoms with E-state index in [1.165, 1.54) is 0 Å². The highest BCUT2D eigenvalue weighted by Gasteiger charge is 1.94. The van der Waals surface area contributed by atoms with E-state index in [1.54, 1.807) is 6.08 Å². The minimum Gasteiger partial charge on any atom is -0.392 e. The number of hydrogen-bond acceptors (Lipinski definition) is 2. The first-order valence-corrected chi connectivity index (χ1v) is 3.94. The van der Waals surface area contributed by atoms with Crippen molar-refractivity contribution < 1.29 is 5.11 Å². The maximum atomic E-state index is 8.56. The molecule has 64 valence electrons. The number of pyridine rings is 1. The molecule has 0 unspecified atom stereocenters. The number of nitrogens with zero attached hydrogens (tertiary/aromatic N) is 1. The summed E-state index contributed by atoms with van der Waals surface area (Å²) < 4.78 is 0. The van der Waals surface area contributed by atoms with E-state index in [1.807, 2.05) is 26.1 Å². The van der Waals surface area contributed by atoms with Crippen molar-refractivity contribution in [3.05, 3.63) is 35.2 Å². The van der Waals surface area contributed by atoms with Crippen molar-refractivity contribution in [2.75, 3.05) is 6.61 Å². The van der Waals surface area contributed by atoms with E-state index >= 15 is 0 Å². The monoisotopic (exact) mass is 163 g/mol. The predicted octanol–water partition coefficient (Wildman–Crippen LogP) is 1.70. The van der Waals surface area contributed by atoms with Crippen LogP contribution in [-0.2, 0) is 0 Å². The number of aryl methyl sites for hydroxylation is 2. The van der Waals surface area contributed by atoms with E-state index in [9.17, 15) is 0 Å². The van der Waals surface area contributed by atoms with Gasteiger partial charge < -0.3 is 5.11 Å². The van der Waals surface area contributed by atoms with Crippen molar-refractivity contribution >= 4 is 6.08 Å². The summed E-state index contributed by atoms with van der Waals surface area (Å²) in [6.45, 7) is 4.09. The third-order valence-electron chi connectivity index (χ3n) is 1.64. The molecular weight excluding hydrogens is 150 g/mol. The lowest BCUT2D eigenvalue weighted by Gasteiger charge is -1.99. The first kappa shape index (κ1) is 8.94. The van der Waals surface area contributed by atoms with Gasteiger partial charge in [0.1, 0.15) is 0 Å². The average Bonchev–Trinajstić information content (AvgIpc) is 2.03. The van der Waals surface area contributed by atoms with Crippen molar-refractivity contribution in [2.45, 2.75) is 13.8 Å². The lowest BCUT2D eigenvalue weighted by atomic mass is 10.1. The normalized spacial score (nSPS) is 10.9. The summed E-state index contributed by atoms with van der Waals surface area (Å²) in [7, 11) is 0. The molecule has 0 bridgehead atoms. The third-order valence-corrected chi connectivity index (χ3v) is 1.64. The zero-order chi connectivity index (χ0) is 8.97. The van der Waals surface area contributed by atoms with Gasteiger partial charge in [0.05, 0.1) is 12.3 Å². The molecule has 0 aliphatic heterocycles. The van der Waals surface area contributed by atoms with Crippen LogP contribution in [0.2, 0.25) is 0 Å². The number of aromatic nitrogens is 1. The van der Waals surface area contributed by atoms with Gasteiger partial charge in [-0.1, -0.05) is 12.1 Å². The van der Waals surface area contributed by atoms with Gasteiger partial charge >= 0.3 is 0 Å². The number of hydrogen-bond donors (Lipinski definition) is 1. The fourth-order valence-electron chi connectivity index (χ4n) is 1.06. The second kappa shape index (κ2) is 4.02. The van der Waals surface area contributed by atoms with E-state index in [-0.39, 0.29) is 6.61 Å². The minimum atomic E-state index is 0.0645. The summed E-state index contributed by atoms with van der Waals surface area (Å²) in [5.74, 6) is 0. The lowest BCUT2D eigenvalue weighted by molar-refractivity contribution is 0.343. The van der Waals surface area contributed by atoms with E-state index in [0.717, 1.165) is 16.8 Å². The molecule has 0 spiro atoms. The van der Waals surface area contributed by atoms with Gasteiger partial charge in [0, 0.05) is 6.20 Å². The van der Waals surface area contributed by atoms with Crippen molar-refractivity contribution in [1.29, 1.82) is 0 Å². The summed E-state index contributed by atoms with van der Waals surface area (Å²) in [6, 6.07) is 2.07. The van der Waals surface area contributed by atoms with Gasteiger partial charge in [-0.3, -0.25) is 4.98 Å². The smallest absolute Gasteiger partial charge is 0.0656 e. The van der Waals surface area contributed by atoms with Crippen LogP contribution < -0.4 is 0 Å². The topological polar surface area (TPSA) is 33.1 Å². The molecule has 0 aromatic carbocycles. The molecular formula is C10H13NO. The summed E-state index contributed by atoms with van der Waals surface area (Å²) in [4.78, 5) is 4.22. The summed E-state index contributed by atoms with van der Waals surface area (Å²) in [6.07, 6.45) is 5.34. The Hall–Kier alpha value is -1.15. The highest BCUT2D eigenvalue weighted by Crippen LogP contribution is 2.07. The van der Waals surface area contributed by atoms with E-state index in [2.05, 4.69) is 11.1 Å². The van der Waals surface area contributed by atoms with Crippen molar-refractivity contribution in [3.63, 3.8) is 0 Å². The molecule has 0 amide bonds. The molecule has 1 heterocycles. The molecule has 1 aromatic rings. The summed E-state index contributed by atoms with van der Waals surface area (Å²) >= 11 is 0. The Morgan fingerprint density at radius 3 is 2.83 bits per heavy atom. The zero-order valence-electron chi connectivity index (χ0n) is 7.41. The van der Waals surface area contributed by atoms with Crippen LogP contribution in [0, 0.1) is 13.8 Å². The molecule has 0 aliphatic rings. The molecule has 1 N–H and O–H groups in total. The van der Waals surface area contributed by atoms with Crippen molar-refractivity contribution in [3.8, 4) is 0 Å². The molecule has 12 heavy (non-hydrogen) atoms. The Balaban J connectivity index is 2.94. The summed E-state index contributed by atoms with van der Waals surface area (Å²) in [5.41, 5.74) is 3.22.